The third-order valence-corrected chi connectivity index (χ3v) is 4.08. The van der Waals surface area contributed by atoms with Gasteiger partial charge in [0, 0.05) is 19.1 Å². The van der Waals surface area contributed by atoms with Crippen molar-refractivity contribution in [2.75, 3.05) is 26.2 Å². The SMILES string of the molecule is CCCNCC(CC)(CC)CN(CC(F)(F)F)C(C)C. The Morgan fingerprint density at radius 2 is 1.55 bits per heavy atom. The van der Waals surface area contributed by atoms with Crippen molar-refractivity contribution in [3.63, 3.8) is 0 Å². The van der Waals surface area contributed by atoms with Gasteiger partial charge >= 0.3 is 6.18 Å². The highest BCUT2D eigenvalue weighted by molar-refractivity contribution is 4.85. The molecule has 0 aliphatic carbocycles. The molecule has 0 aromatic heterocycles. The zero-order valence-electron chi connectivity index (χ0n) is 13.6. The topological polar surface area (TPSA) is 15.3 Å². The van der Waals surface area contributed by atoms with Gasteiger partial charge in [0.1, 0.15) is 0 Å². The van der Waals surface area contributed by atoms with E-state index in [1.165, 1.54) is 0 Å². The Morgan fingerprint density at radius 1 is 1.00 bits per heavy atom. The van der Waals surface area contributed by atoms with Crippen LogP contribution in [0.25, 0.3) is 0 Å². The average molecular weight is 296 g/mol. The van der Waals surface area contributed by atoms with Crippen molar-refractivity contribution < 1.29 is 13.2 Å². The van der Waals surface area contributed by atoms with E-state index in [4.69, 9.17) is 0 Å². The van der Waals surface area contributed by atoms with Crippen molar-refractivity contribution in [1.82, 2.24) is 10.2 Å². The lowest BCUT2D eigenvalue weighted by molar-refractivity contribution is -0.153. The van der Waals surface area contributed by atoms with Crippen LogP contribution in [0.3, 0.4) is 0 Å². The van der Waals surface area contributed by atoms with E-state index in [-0.39, 0.29) is 11.5 Å². The van der Waals surface area contributed by atoms with Gasteiger partial charge in [0.2, 0.25) is 0 Å². The quantitative estimate of drug-likeness (QED) is 0.611. The lowest BCUT2D eigenvalue weighted by atomic mass is 9.81. The summed E-state index contributed by atoms with van der Waals surface area (Å²) in [6, 6.07) is -0.0970. The van der Waals surface area contributed by atoms with Gasteiger partial charge in [-0.1, -0.05) is 20.8 Å². The predicted octanol–water partition coefficient (Wildman–Crippen LogP) is 4.07. The Balaban J connectivity index is 4.80. The molecule has 0 aliphatic rings. The maximum atomic E-state index is 12.7. The van der Waals surface area contributed by atoms with Crippen LogP contribution in [0, 0.1) is 5.41 Å². The van der Waals surface area contributed by atoms with Gasteiger partial charge < -0.3 is 5.32 Å². The van der Waals surface area contributed by atoms with Crippen molar-refractivity contribution in [3.8, 4) is 0 Å². The minimum atomic E-state index is -4.13. The molecular formula is C15H31F3N2. The largest absolute Gasteiger partial charge is 0.401 e. The van der Waals surface area contributed by atoms with E-state index in [0.717, 1.165) is 32.4 Å². The molecule has 0 fully saturated rings. The van der Waals surface area contributed by atoms with E-state index < -0.39 is 12.7 Å². The Labute approximate surface area is 122 Å². The van der Waals surface area contributed by atoms with Gasteiger partial charge in [-0.25, -0.2) is 0 Å². The van der Waals surface area contributed by atoms with Gasteiger partial charge in [-0.2, -0.15) is 13.2 Å². The second kappa shape index (κ2) is 8.88. The van der Waals surface area contributed by atoms with Gasteiger partial charge in [0.15, 0.2) is 0 Å². The lowest BCUT2D eigenvalue weighted by Gasteiger charge is -2.39. The van der Waals surface area contributed by atoms with Gasteiger partial charge in [0.25, 0.3) is 0 Å². The average Bonchev–Trinajstić information content (AvgIpc) is 2.35. The Morgan fingerprint density at radius 3 is 1.90 bits per heavy atom. The van der Waals surface area contributed by atoms with Crippen molar-refractivity contribution in [1.29, 1.82) is 0 Å². The number of hydrogen-bond acceptors (Lipinski definition) is 2. The zero-order valence-corrected chi connectivity index (χ0v) is 13.6. The van der Waals surface area contributed by atoms with Gasteiger partial charge in [-0.3, -0.25) is 4.90 Å². The molecule has 0 aliphatic heterocycles. The second-order valence-electron chi connectivity index (χ2n) is 6.00. The summed E-state index contributed by atoms with van der Waals surface area (Å²) in [6.45, 7) is 11.3. The summed E-state index contributed by atoms with van der Waals surface area (Å²) in [6.07, 6.45) is -1.31. The monoisotopic (exact) mass is 296 g/mol. The number of nitrogens with one attached hydrogen (secondary N) is 1. The molecule has 0 rings (SSSR count). The summed E-state index contributed by atoms with van der Waals surface area (Å²) >= 11 is 0. The summed E-state index contributed by atoms with van der Waals surface area (Å²) in [4.78, 5) is 1.56. The summed E-state index contributed by atoms with van der Waals surface area (Å²) in [5.74, 6) is 0. The van der Waals surface area contributed by atoms with Crippen LogP contribution >= 0.6 is 0 Å². The van der Waals surface area contributed by atoms with E-state index >= 15 is 0 Å². The van der Waals surface area contributed by atoms with Crippen molar-refractivity contribution >= 4 is 0 Å². The van der Waals surface area contributed by atoms with Crippen LogP contribution in [0.5, 0.6) is 0 Å². The summed E-state index contributed by atoms with van der Waals surface area (Å²) < 4.78 is 38.1. The third-order valence-electron chi connectivity index (χ3n) is 4.08. The predicted molar refractivity (Wildman–Crippen MR) is 78.9 cm³/mol. The maximum Gasteiger partial charge on any atom is 0.401 e. The fraction of sp³-hybridized carbons (Fsp3) is 1.00. The molecule has 0 saturated heterocycles. The smallest absolute Gasteiger partial charge is 0.316 e. The first-order valence-electron chi connectivity index (χ1n) is 7.71. The second-order valence-corrected chi connectivity index (χ2v) is 6.00. The van der Waals surface area contributed by atoms with Gasteiger partial charge in [-0.15, -0.1) is 0 Å². The van der Waals surface area contributed by atoms with Crippen LogP contribution in [-0.2, 0) is 0 Å². The molecule has 1 N–H and O–H groups in total. The van der Waals surface area contributed by atoms with E-state index in [0.29, 0.717) is 6.54 Å². The first-order valence-corrected chi connectivity index (χ1v) is 7.71. The van der Waals surface area contributed by atoms with Gasteiger partial charge in [-0.05, 0) is 45.1 Å². The number of hydrogen-bond donors (Lipinski definition) is 1. The molecule has 0 saturated carbocycles. The number of halogens is 3. The Bertz CT molecular complexity index is 248. The maximum absolute atomic E-state index is 12.7. The molecule has 122 valence electrons. The minimum Gasteiger partial charge on any atom is -0.316 e. The highest BCUT2D eigenvalue weighted by atomic mass is 19.4. The summed E-state index contributed by atoms with van der Waals surface area (Å²) in [5.41, 5.74) is -0.0787. The summed E-state index contributed by atoms with van der Waals surface area (Å²) in [5, 5.41) is 3.38. The van der Waals surface area contributed by atoms with Crippen LogP contribution in [0.1, 0.15) is 53.9 Å². The first-order chi connectivity index (χ1) is 9.19. The van der Waals surface area contributed by atoms with E-state index in [1.807, 2.05) is 13.8 Å². The lowest BCUT2D eigenvalue weighted by Crippen LogP contribution is -2.49. The number of nitrogens with zero attached hydrogens (tertiary/aromatic N) is 1. The molecule has 0 spiro atoms. The van der Waals surface area contributed by atoms with Crippen LogP contribution in [0.2, 0.25) is 0 Å². The highest BCUT2D eigenvalue weighted by Crippen LogP contribution is 2.29. The van der Waals surface area contributed by atoms with Crippen molar-refractivity contribution in [2.45, 2.75) is 66.1 Å². The van der Waals surface area contributed by atoms with Crippen molar-refractivity contribution in [3.05, 3.63) is 0 Å². The molecule has 5 heteroatoms. The molecule has 2 nitrogen and oxygen atoms in total. The molecule has 0 unspecified atom stereocenters. The first kappa shape index (κ1) is 19.7. The Kier molecular flexibility index (Phi) is 8.75. The molecule has 0 radical (unpaired) electrons. The molecule has 0 bridgehead atoms. The van der Waals surface area contributed by atoms with Crippen LogP contribution in [-0.4, -0.2) is 43.3 Å². The standard InChI is InChI=1S/C15H31F3N2/c1-6-9-19-10-14(7-2,8-3)11-20(13(4)5)12-15(16,17)18/h13,19H,6-12H2,1-5H3. The molecule has 0 aromatic carbocycles. The molecule has 20 heavy (non-hydrogen) atoms. The van der Waals surface area contributed by atoms with E-state index in [9.17, 15) is 13.2 Å². The van der Waals surface area contributed by atoms with Crippen LogP contribution in [0.4, 0.5) is 13.2 Å². The minimum absolute atomic E-state index is 0.0787. The summed E-state index contributed by atoms with van der Waals surface area (Å²) in [7, 11) is 0. The number of rotatable bonds is 10. The normalized spacial score (nSPS) is 13.5. The van der Waals surface area contributed by atoms with E-state index in [2.05, 4.69) is 26.1 Å². The molecule has 0 amide bonds. The molecule has 0 heterocycles. The Hall–Kier alpha value is -0.290. The van der Waals surface area contributed by atoms with E-state index in [1.54, 1.807) is 4.90 Å². The van der Waals surface area contributed by atoms with Crippen LogP contribution < -0.4 is 5.32 Å². The zero-order chi connectivity index (χ0) is 15.8. The molecule has 0 aromatic rings. The fourth-order valence-corrected chi connectivity index (χ4v) is 2.39. The van der Waals surface area contributed by atoms with Gasteiger partial charge in [0.05, 0.1) is 6.54 Å². The number of alkyl halides is 3. The molecular weight excluding hydrogens is 265 g/mol. The van der Waals surface area contributed by atoms with Crippen molar-refractivity contribution in [2.24, 2.45) is 5.41 Å². The fourth-order valence-electron chi connectivity index (χ4n) is 2.39. The highest BCUT2D eigenvalue weighted by Gasteiger charge is 2.36. The molecule has 0 atom stereocenters. The van der Waals surface area contributed by atoms with Crippen LogP contribution in [0.15, 0.2) is 0 Å². The third kappa shape index (κ3) is 7.48.